The molecule has 0 heterocycles. The van der Waals surface area contributed by atoms with Crippen LogP contribution in [-0.4, -0.2) is 24.3 Å². The topological polar surface area (TPSA) is 46.5 Å². The highest BCUT2D eigenvalue weighted by atomic mass is 16.5. The minimum Gasteiger partial charge on any atom is -0.480 e. The molecule has 1 atom stereocenters. The Bertz CT molecular complexity index is 134. The third-order valence-corrected chi connectivity index (χ3v) is 2.12. The molecule has 0 radical (unpaired) electrons. The summed E-state index contributed by atoms with van der Waals surface area (Å²) in [7, 11) is 0. The second kappa shape index (κ2) is 8.05. The number of aliphatic carboxylic acids is 1. The predicted molar refractivity (Wildman–Crippen MR) is 51.8 cm³/mol. The van der Waals surface area contributed by atoms with E-state index in [1.807, 2.05) is 0 Å². The van der Waals surface area contributed by atoms with E-state index in [9.17, 15) is 4.79 Å². The molecule has 0 aliphatic rings. The van der Waals surface area contributed by atoms with E-state index >= 15 is 0 Å². The number of carbonyl (C=O) groups is 1. The number of carboxylic acids is 1. The Labute approximate surface area is 80.1 Å². The number of ether oxygens (including phenoxy) is 1. The number of unbranched alkanes of at least 4 members (excludes halogenated alkanes) is 1. The first-order valence-corrected chi connectivity index (χ1v) is 5.00. The van der Waals surface area contributed by atoms with Gasteiger partial charge in [-0.1, -0.05) is 33.1 Å². The maximum absolute atomic E-state index is 10.2. The van der Waals surface area contributed by atoms with Gasteiger partial charge >= 0.3 is 5.97 Å². The third-order valence-electron chi connectivity index (χ3n) is 2.12. The molecule has 13 heavy (non-hydrogen) atoms. The molecular formula is C10H20O3. The van der Waals surface area contributed by atoms with E-state index in [4.69, 9.17) is 9.84 Å². The number of rotatable bonds is 8. The maximum atomic E-state index is 10.2. The summed E-state index contributed by atoms with van der Waals surface area (Å²) in [5.74, 6) is -0.357. The molecule has 0 bridgehead atoms. The molecule has 0 aromatic rings. The molecule has 0 aromatic heterocycles. The van der Waals surface area contributed by atoms with Crippen molar-refractivity contribution in [2.45, 2.75) is 39.5 Å². The van der Waals surface area contributed by atoms with Crippen molar-refractivity contribution in [3.05, 3.63) is 0 Å². The van der Waals surface area contributed by atoms with Gasteiger partial charge in [0.05, 0.1) is 6.61 Å². The van der Waals surface area contributed by atoms with Crippen molar-refractivity contribution in [1.29, 1.82) is 0 Å². The van der Waals surface area contributed by atoms with Crippen LogP contribution in [0, 0.1) is 5.92 Å². The van der Waals surface area contributed by atoms with Crippen LogP contribution in [0.4, 0.5) is 0 Å². The van der Waals surface area contributed by atoms with Crippen LogP contribution in [0.25, 0.3) is 0 Å². The number of hydrogen-bond donors (Lipinski definition) is 1. The summed E-state index contributed by atoms with van der Waals surface area (Å²) < 4.78 is 5.05. The van der Waals surface area contributed by atoms with Crippen molar-refractivity contribution in [3.63, 3.8) is 0 Å². The van der Waals surface area contributed by atoms with E-state index in [0.29, 0.717) is 12.5 Å². The molecule has 0 aliphatic carbocycles. The molecule has 1 N–H and O–H groups in total. The van der Waals surface area contributed by atoms with Crippen molar-refractivity contribution in [3.8, 4) is 0 Å². The van der Waals surface area contributed by atoms with Gasteiger partial charge in [-0.2, -0.15) is 0 Å². The number of hydrogen-bond acceptors (Lipinski definition) is 2. The molecule has 0 spiro atoms. The van der Waals surface area contributed by atoms with Gasteiger partial charge in [0.1, 0.15) is 6.61 Å². The predicted octanol–water partition coefficient (Wildman–Crippen LogP) is 2.30. The van der Waals surface area contributed by atoms with Gasteiger partial charge in [0.25, 0.3) is 0 Å². The first kappa shape index (κ1) is 12.4. The average Bonchev–Trinajstić information content (AvgIpc) is 2.10. The van der Waals surface area contributed by atoms with Crippen LogP contribution in [0.2, 0.25) is 0 Å². The summed E-state index contributed by atoms with van der Waals surface area (Å²) >= 11 is 0. The van der Waals surface area contributed by atoms with E-state index < -0.39 is 5.97 Å². The van der Waals surface area contributed by atoms with E-state index in [2.05, 4.69) is 13.8 Å². The molecular weight excluding hydrogens is 168 g/mol. The fraction of sp³-hybridized carbons (Fsp3) is 0.900. The molecule has 0 saturated heterocycles. The average molecular weight is 188 g/mol. The van der Waals surface area contributed by atoms with Gasteiger partial charge < -0.3 is 9.84 Å². The molecule has 0 fully saturated rings. The highest BCUT2D eigenvalue weighted by Crippen LogP contribution is 2.12. The Hall–Kier alpha value is -0.570. The van der Waals surface area contributed by atoms with Crippen molar-refractivity contribution >= 4 is 5.97 Å². The summed E-state index contributed by atoms with van der Waals surface area (Å²) in [5.41, 5.74) is 0. The first-order chi connectivity index (χ1) is 6.20. The second-order valence-electron chi connectivity index (χ2n) is 3.33. The molecule has 3 nitrogen and oxygen atoms in total. The normalized spacial score (nSPS) is 12.8. The lowest BCUT2D eigenvalue weighted by Gasteiger charge is -2.13. The zero-order chi connectivity index (χ0) is 10.1. The fourth-order valence-corrected chi connectivity index (χ4v) is 1.21. The largest absolute Gasteiger partial charge is 0.480 e. The second-order valence-corrected chi connectivity index (χ2v) is 3.33. The minimum atomic E-state index is -0.884. The van der Waals surface area contributed by atoms with E-state index in [0.717, 1.165) is 12.8 Å². The van der Waals surface area contributed by atoms with Crippen LogP contribution in [-0.2, 0) is 9.53 Å². The van der Waals surface area contributed by atoms with Crippen LogP contribution >= 0.6 is 0 Å². The fourth-order valence-electron chi connectivity index (χ4n) is 1.21. The van der Waals surface area contributed by atoms with Crippen molar-refractivity contribution in [1.82, 2.24) is 0 Å². The van der Waals surface area contributed by atoms with Gasteiger partial charge in [0.15, 0.2) is 0 Å². The monoisotopic (exact) mass is 188 g/mol. The van der Waals surface area contributed by atoms with Crippen molar-refractivity contribution < 1.29 is 14.6 Å². The zero-order valence-corrected chi connectivity index (χ0v) is 8.58. The van der Waals surface area contributed by atoms with Crippen molar-refractivity contribution in [2.24, 2.45) is 5.92 Å². The minimum absolute atomic E-state index is 0.164. The summed E-state index contributed by atoms with van der Waals surface area (Å²) in [6.07, 6.45) is 4.61. The molecule has 0 saturated carbocycles. The Morgan fingerprint density at radius 1 is 1.46 bits per heavy atom. The van der Waals surface area contributed by atoms with E-state index in [1.165, 1.54) is 12.8 Å². The van der Waals surface area contributed by atoms with Gasteiger partial charge in [-0.15, -0.1) is 0 Å². The smallest absolute Gasteiger partial charge is 0.329 e. The Balaban J connectivity index is 3.41. The van der Waals surface area contributed by atoms with E-state index in [1.54, 1.807) is 0 Å². The molecule has 0 aliphatic heterocycles. The van der Waals surface area contributed by atoms with Gasteiger partial charge in [-0.3, -0.25) is 0 Å². The van der Waals surface area contributed by atoms with Gasteiger partial charge in [-0.25, -0.2) is 4.79 Å². The van der Waals surface area contributed by atoms with E-state index in [-0.39, 0.29) is 6.61 Å². The molecule has 78 valence electrons. The summed E-state index contributed by atoms with van der Waals surface area (Å²) in [6, 6.07) is 0. The Morgan fingerprint density at radius 2 is 2.15 bits per heavy atom. The maximum Gasteiger partial charge on any atom is 0.329 e. The Kier molecular flexibility index (Phi) is 7.69. The summed E-state index contributed by atoms with van der Waals surface area (Å²) in [4.78, 5) is 10.2. The summed E-state index contributed by atoms with van der Waals surface area (Å²) in [5, 5.41) is 8.35. The lowest BCUT2D eigenvalue weighted by atomic mass is 10.0. The van der Waals surface area contributed by atoms with Crippen LogP contribution in [0.5, 0.6) is 0 Å². The first-order valence-electron chi connectivity index (χ1n) is 5.00. The van der Waals surface area contributed by atoms with Gasteiger partial charge in [0.2, 0.25) is 0 Å². The molecule has 0 aromatic carbocycles. The molecule has 1 unspecified atom stereocenters. The molecule has 0 rings (SSSR count). The van der Waals surface area contributed by atoms with Crippen molar-refractivity contribution in [2.75, 3.05) is 13.2 Å². The van der Waals surface area contributed by atoms with Crippen LogP contribution in [0.15, 0.2) is 0 Å². The number of carboxylic acid groups (broad SMARTS) is 1. The van der Waals surface area contributed by atoms with Crippen LogP contribution in [0.1, 0.15) is 39.5 Å². The van der Waals surface area contributed by atoms with Gasteiger partial charge in [-0.05, 0) is 12.3 Å². The molecule has 0 amide bonds. The highest BCUT2D eigenvalue weighted by molar-refractivity contribution is 5.67. The lowest BCUT2D eigenvalue weighted by Crippen LogP contribution is -2.14. The standard InChI is InChI=1S/C10H20O3/c1-3-5-6-9(4-2)7-13-8-10(11)12/h9H,3-8H2,1-2H3,(H,11,12). The Morgan fingerprint density at radius 3 is 2.62 bits per heavy atom. The molecule has 3 heteroatoms. The lowest BCUT2D eigenvalue weighted by molar-refractivity contribution is -0.142. The third kappa shape index (κ3) is 7.78. The summed E-state index contributed by atoms with van der Waals surface area (Å²) in [6.45, 7) is 4.70. The van der Waals surface area contributed by atoms with Gasteiger partial charge in [0, 0.05) is 0 Å². The highest BCUT2D eigenvalue weighted by Gasteiger charge is 2.06. The SMILES string of the molecule is CCCCC(CC)COCC(=O)O. The quantitative estimate of drug-likeness (QED) is 0.635. The zero-order valence-electron chi connectivity index (χ0n) is 8.58. The van der Waals surface area contributed by atoms with Crippen LogP contribution < -0.4 is 0 Å². The van der Waals surface area contributed by atoms with Crippen LogP contribution in [0.3, 0.4) is 0 Å².